The lowest BCUT2D eigenvalue weighted by Gasteiger charge is -2.21. The number of ketones is 1. The zero-order chi connectivity index (χ0) is 29.9. The van der Waals surface area contributed by atoms with Crippen molar-refractivity contribution in [3.05, 3.63) is 107 Å². The summed E-state index contributed by atoms with van der Waals surface area (Å²) >= 11 is 0. The summed E-state index contributed by atoms with van der Waals surface area (Å²) in [7, 11) is 0. The zero-order valence-corrected chi connectivity index (χ0v) is 25.7. The van der Waals surface area contributed by atoms with E-state index in [0.717, 1.165) is 36.2 Å². The SMILES string of the molecule is CCCCCC(Nc1cccc(C(=O)c2cc(CCCC(=O)OCC)n3ccccc23)c1)c1ccc(CC(C)C)cc1. The fourth-order valence-electron chi connectivity index (χ4n) is 5.63. The zero-order valence-electron chi connectivity index (χ0n) is 25.7. The summed E-state index contributed by atoms with van der Waals surface area (Å²) in [5.74, 6) is 0.450. The van der Waals surface area contributed by atoms with E-state index in [1.807, 2.05) is 55.6 Å². The molecule has 0 aliphatic carbocycles. The Morgan fingerprint density at radius 2 is 1.71 bits per heavy atom. The van der Waals surface area contributed by atoms with Gasteiger partial charge in [0.25, 0.3) is 0 Å². The number of rotatable bonds is 16. The number of esters is 1. The van der Waals surface area contributed by atoms with E-state index in [1.165, 1.54) is 24.0 Å². The van der Waals surface area contributed by atoms with Gasteiger partial charge in [-0.3, -0.25) is 9.59 Å². The van der Waals surface area contributed by atoms with Crippen LogP contribution in [0.4, 0.5) is 5.69 Å². The molecule has 1 atom stereocenters. The van der Waals surface area contributed by atoms with Crippen molar-refractivity contribution in [3.8, 4) is 0 Å². The highest BCUT2D eigenvalue weighted by atomic mass is 16.5. The fourth-order valence-corrected chi connectivity index (χ4v) is 5.63. The monoisotopic (exact) mass is 566 g/mol. The highest BCUT2D eigenvalue weighted by molar-refractivity contribution is 6.13. The number of aryl methyl sites for hydroxylation is 1. The normalized spacial score (nSPS) is 12.0. The van der Waals surface area contributed by atoms with Gasteiger partial charge in [0.05, 0.1) is 18.2 Å². The van der Waals surface area contributed by atoms with E-state index in [0.29, 0.717) is 42.9 Å². The lowest BCUT2D eigenvalue weighted by atomic mass is 9.96. The lowest BCUT2D eigenvalue weighted by molar-refractivity contribution is -0.143. The van der Waals surface area contributed by atoms with Gasteiger partial charge in [0.1, 0.15) is 0 Å². The van der Waals surface area contributed by atoms with Gasteiger partial charge in [0.15, 0.2) is 5.78 Å². The largest absolute Gasteiger partial charge is 0.466 e. The Morgan fingerprint density at radius 3 is 2.45 bits per heavy atom. The number of carbonyl (C=O) groups is 2. The van der Waals surface area contributed by atoms with Crippen LogP contribution < -0.4 is 5.32 Å². The van der Waals surface area contributed by atoms with Gasteiger partial charge in [-0.1, -0.05) is 82.5 Å². The van der Waals surface area contributed by atoms with Crippen LogP contribution in [0.3, 0.4) is 0 Å². The van der Waals surface area contributed by atoms with Crippen molar-refractivity contribution in [2.75, 3.05) is 11.9 Å². The van der Waals surface area contributed by atoms with Crippen LogP contribution in [0, 0.1) is 5.92 Å². The number of fused-ring (bicyclic) bond motifs is 1. The third-order valence-electron chi connectivity index (χ3n) is 7.71. The van der Waals surface area contributed by atoms with Crippen LogP contribution >= 0.6 is 0 Å². The Hall–Kier alpha value is -3.86. The fraction of sp³-hybridized carbons (Fsp3) is 0.405. The maximum absolute atomic E-state index is 13.9. The Balaban J connectivity index is 1.54. The van der Waals surface area contributed by atoms with E-state index in [1.54, 1.807) is 0 Å². The van der Waals surface area contributed by atoms with Gasteiger partial charge < -0.3 is 14.5 Å². The molecule has 4 rings (SSSR count). The minimum Gasteiger partial charge on any atom is -0.466 e. The number of nitrogens with zero attached hydrogens (tertiary/aromatic N) is 1. The third-order valence-corrected chi connectivity index (χ3v) is 7.71. The predicted molar refractivity (Wildman–Crippen MR) is 172 cm³/mol. The number of anilines is 1. The van der Waals surface area contributed by atoms with E-state index >= 15 is 0 Å². The van der Waals surface area contributed by atoms with E-state index in [-0.39, 0.29) is 17.8 Å². The van der Waals surface area contributed by atoms with Crippen molar-refractivity contribution in [2.24, 2.45) is 5.92 Å². The number of ether oxygens (including phenoxy) is 1. The summed E-state index contributed by atoms with van der Waals surface area (Å²) in [6.07, 6.45) is 9.36. The summed E-state index contributed by atoms with van der Waals surface area (Å²) in [5.41, 5.74) is 6.84. The molecule has 1 N–H and O–H groups in total. The molecule has 5 heteroatoms. The molecule has 0 aliphatic rings. The van der Waals surface area contributed by atoms with Crippen molar-refractivity contribution in [1.82, 2.24) is 4.40 Å². The van der Waals surface area contributed by atoms with E-state index in [9.17, 15) is 9.59 Å². The molecule has 2 aromatic heterocycles. The first kappa shape index (κ1) is 31.1. The number of benzene rings is 2. The maximum Gasteiger partial charge on any atom is 0.305 e. The molecular formula is C37H46N2O3. The van der Waals surface area contributed by atoms with Crippen molar-refractivity contribution >= 4 is 23.0 Å². The van der Waals surface area contributed by atoms with E-state index in [2.05, 4.69) is 60.8 Å². The van der Waals surface area contributed by atoms with Crippen molar-refractivity contribution in [3.63, 3.8) is 0 Å². The second-order valence-electron chi connectivity index (χ2n) is 11.6. The summed E-state index contributed by atoms with van der Waals surface area (Å²) in [5, 5.41) is 3.75. The number of hydrogen-bond donors (Lipinski definition) is 1. The lowest BCUT2D eigenvalue weighted by Crippen LogP contribution is -2.12. The predicted octanol–water partition coefficient (Wildman–Crippen LogP) is 8.99. The molecule has 222 valence electrons. The topological polar surface area (TPSA) is 59.8 Å². The summed E-state index contributed by atoms with van der Waals surface area (Å²) in [6.45, 7) is 8.94. The molecule has 0 spiro atoms. The first-order valence-corrected chi connectivity index (χ1v) is 15.6. The Labute approximate surface area is 251 Å². The van der Waals surface area contributed by atoms with Crippen LogP contribution in [0.5, 0.6) is 0 Å². The van der Waals surface area contributed by atoms with Crippen LogP contribution in [0.1, 0.15) is 105 Å². The molecule has 0 aliphatic heterocycles. The minimum atomic E-state index is -0.182. The van der Waals surface area contributed by atoms with Crippen molar-refractivity contribution in [2.45, 2.75) is 85.1 Å². The molecule has 0 bridgehead atoms. The van der Waals surface area contributed by atoms with Crippen LogP contribution in [-0.2, 0) is 22.4 Å². The van der Waals surface area contributed by atoms with Crippen LogP contribution in [0.25, 0.3) is 5.52 Å². The molecular weight excluding hydrogens is 520 g/mol. The number of pyridine rings is 1. The number of carbonyl (C=O) groups excluding carboxylic acids is 2. The molecule has 1 unspecified atom stereocenters. The quantitative estimate of drug-likeness (QED) is 0.0835. The number of aromatic nitrogens is 1. The number of unbranched alkanes of at least 4 members (excludes halogenated alkanes) is 2. The van der Waals surface area contributed by atoms with Gasteiger partial charge >= 0.3 is 5.97 Å². The first-order valence-electron chi connectivity index (χ1n) is 15.6. The highest BCUT2D eigenvalue weighted by Crippen LogP contribution is 2.28. The van der Waals surface area contributed by atoms with Crippen LogP contribution in [0.2, 0.25) is 0 Å². The van der Waals surface area contributed by atoms with E-state index < -0.39 is 0 Å². The summed E-state index contributed by atoms with van der Waals surface area (Å²) in [4.78, 5) is 25.7. The molecule has 0 saturated heterocycles. The van der Waals surface area contributed by atoms with E-state index in [4.69, 9.17) is 4.74 Å². The molecule has 42 heavy (non-hydrogen) atoms. The molecule has 0 amide bonds. The summed E-state index contributed by atoms with van der Waals surface area (Å²) < 4.78 is 7.14. The van der Waals surface area contributed by atoms with Crippen LogP contribution in [-0.4, -0.2) is 22.8 Å². The molecule has 5 nitrogen and oxygen atoms in total. The number of nitrogens with one attached hydrogen (secondary N) is 1. The molecule has 0 saturated carbocycles. The second-order valence-corrected chi connectivity index (χ2v) is 11.6. The van der Waals surface area contributed by atoms with Gasteiger partial charge in [-0.25, -0.2) is 0 Å². The van der Waals surface area contributed by atoms with Gasteiger partial charge in [-0.2, -0.15) is 0 Å². The molecule has 2 heterocycles. The molecule has 2 aromatic carbocycles. The first-order chi connectivity index (χ1) is 20.4. The Kier molecular flexibility index (Phi) is 11.4. The van der Waals surface area contributed by atoms with Gasteiger partial charge in [-0.05, 0) is 80.0 Å². The van der Waals surface area contributed by atoms with Crippen LogP contribution in [0.15, 0.2) is 79.0 Å². The van der Waals surface area contributed by atoms with Crippen molar-refractivity contribution in [1.29, 1.82) is 0 Å². The average molecular weight is 567 g/mol. The van der Waals surface area contributed by atoms with Gasteiger partial charge in [-0.15, -0.1) is 0 Å². The Morgan fingerprint density at radius 1 is 0.905 bits per heavy atom. The van der Waals surface area contributed by atoms with Gasteiger partial charge in [0.2, 0.25) is 0 Å². The Bertz CT molecular complexity index is 1450. The smallest absolute Gasteiger partial charge is 0.305 e. The van der Waals surface area contributed by atoms with Crippen molar-refractivity contribution < 1.29 is 14.3 Å². The highest BCUT2D eigenvalue weighted by Gasteiger charge is 2.19. The second kappa shape index (κ2) is 15.4. The minimum absolute atomic E-state index is 0.000404. The van der Waals surface area contributed by atoms with Gasteiger partial charge in [0, 0.05) is 35.1 Å². The molecule has 0 fully saturated rings. The summed E-state index contributed by atoms with van der Waals surface area (Å²) in [6, 6.07) is 25.0. The third kappa shape index (κ3) is 8.34. The number of hydrogen-bond acceptors (Lipinski definition) is 4. The molecule has 4 aromatic rings. The standard InChI is InChI=1S/C37H46N2O3/c1-5-7-8-16-34(29-21-19-28(20-22-29)24-27(3)4)38-31-14-11-13-30(25-31)37(41)33-26-32(15-12-18-36(40)42-6-2)39-23-10-9-17-35(33)39/h9-11,13-14,17,19-23,25-27,34,38H,5-8,12,15-16,18,24H2,1-4H3. The maximum atomic E-state index is 13.9. The molecule has 0 radical (unpaired) electrons. The average Bonchev–Trinajstić information content (AvgIpc) is 3.35.